The molecular weight excluding hydrogens is 316 g/mol. The second-order valence-electron chi connectivity index (χ2n) is 5.14. The quantitative estimate of drug-likeness (QED) is 0.617. The second-order valence-corrected chi connectivity index (χ2v) is 5.58. The topological polar surface area (TPSA) is 72.2 Å². The van der Waals surface area contributed by atoms with E-state index in [2.05, 4.69) is 5.32 Å². The van der Waals surface area contributed by atoms with Crippen LogP contribution in [0.3, 0.4) is 0 Å². The monoisotopic (exact) mass is 332 g/mol. The summed E-state index contributed by atoms with van der Waals surface area (Å²) in [6.07, 6.45) is 1.88. The molecule has 0 heterocycles. The van der Waals surface area contributed by atoms with Crippen molar-refractivity contribution in [3.05, 3.63) is 74.8 Å². The second kappa shape index (κ2) is 8.29. The summed E-state index contributed by atoms with van der Waals surface area (Å²) in [7, 11) is 0. The lowest BCUT2D eigenvalue weighted by Gasteiger charge is -2.06. The zero-order chi connectivity index (χ0) is 16.7. The maximum Gasteiger partial charge on any atom is 0.274 e. The number of nitro benzene ring substituents is 1. The fraction of sp³-hybridized carbons (Fsp3) is 0.235. The Morgan fingerprint density at radius 2 is 1.83 bits per heavy atom. The number of amides is 1. The van der Waals surface area contributed by atoms with Gasteiger partial charge in [-0.15, -0.1) is 0 Å². The van der Waals surface area contributed by atoms with E-state index >= 15 is 0 Å². The molecule has 0 aliphatic carbocycles. The lowest BCUT2D eigenvalue weighted by molar-refractivity contribution is -0.385. The van der Waals surface area contributed by atoms with E-state index in [0.717, 1.165) is 12.0 Å². The van der Waals surface area contributed by atoms with Crippen LogP contribution in [0, 0.1) is 10.1 Å². The molecule has 0 aliphatic rings. The molecule has 2 rings (SSSR count). The molecule has 6 heteroatoms. The maximum absolute atomic E-state index is 11.8. The number of rotatable bonds is 7. The molecule has 1 amide bonds. The molecule has 0 atom stereocenters. The molecule has 0 spiro atoms. The third kappa shape index (κ3) is 5.38. The zero-order valence-electron chi connectivity index (χ0n) is 12.5. The zero-order valence-corrected chi connectivity index (χ0v) is 13.3. The first-order valence-corrected chi connectivity index (χ1v) is 7.67. The Bertz CT molecular complexity index is 686. The Labute approximate surface area is 139 Å². The summed E-state index contributed by atoms with van der Waals surface area (Å²) < 4.78 is 0. The summed E-state index contributed by atoms with van der Waals surface area (Å²) in [5.41, 5.74) is 1.65. The van der Waals surface area contributed by atoms with Gasteiger partial charge >= 0.3 is 0 Å². The van der Waals surface area contributed by atoms with Gasteiger partial charge in [-0.05, 0) is 30.5 Å². The van der Waals surface area contributed by atoms with Crippen molar-refractivity contribution in [2.45, 2.75) is 25.8 Å². The summed E-state index contributed by atoms with van der Waals surface area (Å²) in [6, 6.07) is 13.9. The van der Waals surface area contributed by atoms with Gasteiger partial charge in [0.15, 0.2) is 0 Å². The minimum atomic E-state index is -0.442. The van der Waals surface area contributed by atoms with Crippen LogP contribution in [-0.4, -0.2) is 10.8 Å². The maximum atomic E-state index is 11.8. The first-order valence-electron chi connectivity index (χ1n) is 7.29. The average Bonchev–Trinajstić information content (AvgIpc) is 2.55. The summed E-state index contributed by atoms with van der Waals surface area (Å²) >= 11 is 5.82. The third-order valence-electron chi connectivity index (χ3n) is 3.45. The Morgan fingerprint density at radius 1 is 1.13 bits per heavy atom. The third-order valence-corrected chi connectivity index (χ3v) is 3.70. The SMILES string of the molecule is O=C(CCCc1ccc(Cl)cc1)NCc1ccccc1[N+](=O)[O-]. The van der Waals surface area contributed by atoms with E-state index in [0.29, 0.717) is 23.4 Å². The highest BCUT2D eigenvalue weighted by Gasteiger charge is 2.12. The molecule has 2 aromatic carbocycles. The van der Waals surface area contributed by atoms with Gasteiger partial charge in [0.2, 0.25) is 5.91 Å². The van der Waals surface area contributed by atoms with Gasteiger partial charge in [-0.2, -0.15) is 0 Å². The molecule has 1 N–H and O–H groups in total. The molecule has 5 nitrogen and oxygen atoms in total. The lowest BCUT2D eigenvalue weighted by atomic mass is 10.1. The van der Waals surface area contributed by atoms with Crippen LogP contribution in [-0.2, 0) is 17.8 Å². The normalized spacial score (nSPS) is 10.3. The molecule has 0 unspecified atom stereocenters. The van der Waals surface area contributed by atoms with Crippen molar-refractivity contribution in [2.75, 3.05) is 0 Å². The Balaban J connectivity index is 1.77. The van der Waals surface area contributed by atoms with Gasteiger partial charge in [-0.3, -0.25) is 14.9 Å². The molecule has 0 fully saturated rings. The van der Waals surface area contributed by atoms with Gasteiger partial charge in [0.05, 0.1) is 4.92 Å². The van der Waals surface area contributed by atoms with Crippen LogP contribution in [0.4, 0.5) is 5.69 Å². The number of carbonyl (C=O) groups is 1. The van der Waals surface area contributed by atoms with Crippen LogP contribution in [0.2, 0.25) is 5.02 Å². The van der Waals surface area contributed by atoms with Gasteiger partial charge in [-0.25, -0.2) is 0 Å². The minimum Gasteiger partial charge on any atom is -0.352 e. The van der Waals surface area contributed by atoms with E-state index in [4.69, 9.17) is 11.6 Å². The Morgan fingerprint density at radius 3 is 2.52 bits per heavy atom. The van der Waals surface area contributed by atoms with Crippen molar-refractivity contribution in [3.8, 4) is 0 Å². The number of hydrogen-bond acceptors (Lipinski definition) is 3. The van der Waals surface area contributed by atoms with Crippen molar-refractivity contribution in [2.24, 2.45) is 0 Å². The van der Waals surface area contributed by atoms with E-state index < -0.39 is 4.92 Å². The van der Waals surface area contributed by atoms with E-state index in [1.807, 2.05) is 24.3 Å². The van der Waals surface area contributed by atoms with E-state index in [1.54, 1.807) is 18.2 Å². The molecule has 0 radical (unpaired) electrons. The molecule has 0 aromatic heterocycles. The molecule has 0 bridgehead atoms. The highest BCUT2D eigenvalue weighted by molar-refractivity contribution is 6.30. The van der Waals surface area contributed by atoms with Crippen molar-refractivity contribution >= 4 is 23.2 Å². The van der Waals surface area contributed by atoms with E-state index in [-0.39, 0.29) is 18.1 Å². The van der Waals surface area contributed by atoms with Crippen LogP contribution in [0.1, 0.15) is 24.0 Å². The van der Waals surface area contributed by atoms with Crippen molar-refractivity contribution < 1.29 is 9.72 Å². The fourth-order valence-corrected chi connectivity index (χ4v) is 2.35. The first-order chi connectivity index (χ1) is 11.1. The van der Waals surface area contributed by atoms with Gasteiger partial charge in [0.1, 0.15) is 0 Å². The van der Waals surface area contributed by atoms with Crippen LogP contribution in [0.5, 0.6) is 0 Å². The number of nitro groups is 1. The lowest BCUT2D eigenvalue weighted by Crippen LogP contribution is -2.23. The van der Waals surface area contributed by atoms with Crippen molar-refractivity contribution in [3.63, 3.8) is 0 Å². The molecule has 23 heavy (non-hydrogen) atoms. The van der Waals surface area contributed by atoms with Crippen molar-refractivity contribution in [1.82, 2.24) is 5.32 Å². The predicted molar refractivity (Wildman–Crippen MR) is 89.3 cm³/mol. The smallest absolute Gasteiger partial charge is 0.274 e. The molecule has 0 saturated carbocycles. The van der Waals surface area contributed by atoms with Crippen LogP contribution in [0.15, 0.2) is 48.5 Å². The van der Waals surface area contributed by atoms with E-state index in [9.17, 15) is 14.9 Å². The van der Waals surface area contributed by atoms with Gasteiger partial charge in [-0.1, -0.05) is 41.9 Å². The number of benzene rings is 2. The summed E-state index contributed by atoms with van der Waals surface area (Å²) in [5, 5.41) is 14.3. The minimum absolute atomic E-state index is 0.0222. The number of aryl methyl sites for hydroxylation is 1. The van der Waals surface area contributed by atoms with E-state index in [1.165, 1.54) is 6.07 Å². The summed E-state index contributed by atoms with van der Waals surface area (Å²) in [6.45, 7) is 0.164. The number of halogens is 1. The molecule has 0 aliphatic heterocycles. The predicted octanol–water partition coefficient (Wildman–Crippen LogP) is 3.89. The summed E-state index contributed by atoms with van der Waals surface area (Å²) in [4.78, 5) is 22.3. The number of nitrogens with one attached hydrogen (secondary N) is 1. The molecule has 0 saturated heterocycles. The highest BCUT2D eigenvalue weighted by Crippen LogP contribution is 2.17. The van der Waals surface area contributed by atoms with Gasteiger partial charge in [0, 0.05) is 29.6 Å². The number of nitrogens with zero attached hydrogens (tertiary/aromatic N) is 1. The molecular formula is C17H17ClN2O3. The number of carbonyl (C=O) groups excluding carboxylic acids is 1. The first kappa shape index (κ1) is 17.0. The molecule has 120 valence electrons. The Kier molecular flexibility index (Phi) is 6.11. The largest absolute Gasteiger partial charge is 0.352 e. The van der Waals surface area contributed by atoms with Crippen molar-refractivity contribution in [1.29, 1.82) is 0 Å². The molecule has 2 aromatic rings. The highest BCUT2D eigenvalue weighted by atomic mass is 35.5. The summed E-state index contributed by atoms with van der Waals surface area (Å²) in [5.74, 6) is -0.114. The van der Waals surface area contributed by atoms with Crippen LogP contribution >= 0.6 is 11.6 Å². The van der Waals surface area contributed by atoms with Gasteiger partial charge < -0.3 is 5.32 Å². The number of para-hydroxylation sites is 1. The average molecular weight is 333 g/mol. The van der Waals surface area contributed by atoms with Crippen LogP contribution < -0.4 is 5.32 Å². The standard InChI is InChI=1S/C17H17ClN2O3/c18-15-10-8-13(9-11-15)4-3-7-17(21)19-12-14-5-1-2-6-16(14)20(22)23/h1-2,5-6,8-11H,3-4,7,12H2,(H,19,21). The van der Waals surface area contributed by atoms with Gasteiger partial charge in [0.25, 0.3) is 5.69 Å². The van der Waals surface area contributed by atoms with Crippen LogP contribution in [0.25, 0.3) is 0 Å². The number of hydrogen-bond donors (Lipinski definition) is 1. The Hall–Kier alpha value is -2.40. The fourth-order valence-electron chi connectivity index (χ4n) is 2.22.